The first-order chi connectivity index (χ1) is 8.74. The summed E-state index contributed by atoms with van der Waals surface area (Å²) < 4.78 is 1.91. The summed E-state index contributed by atoms with van der Waals surface area (Å²) in [6.45, 7) is 0. The fraction of sp³-hybridized carbons (Fsp3) is 0. The highest BCUT2D eigenvalue weighted by Gasteiger charge is 2.07. The molecule has 5 heteroatoms. The number of hydrogen-bond donors (Lipinski definition) is 2. The van der Waals surface area contributed by atoms with Crippen LogP contribution in [0.15, 0.2) is 54.9 Å². The number of rotatable bonds is 2. The average molecular weight is 241 g/mol. The lowest BCUT2D eigenvalue weighted by Gasteiger charge is -2.11. The van der Waals surface area contributed by atoms with E-state index in [1.165, 1.54) is 0 Å². The summed E-state index contributed by atoms with van der Waals surface area (Å²) in [6, 6.07) is 12.5. The second-order valence-corrected chi connectivity index (χ2v) is 3.98. The van der Waals surface area contributed by atoms with Crippen molar-refractivity contribution in [3.63, 3.8) is 0 Å². The van der Waals surface area contributed by atoms with Crippen molar-refractivity contribution < 1.29 is 10.4 Å². The van der Waals surface area contributed by atoms with E-state index in [0.29, 0.717) is 0 Å². The molecule has 0 saturated carbocycles. The Balaban J connectivity index is 2.11. The maximum atomic E-state index is 10.9. The zero-order chi connectivity index (χ0) is 12.5. The van der Waals surface area contributed by atoms with Gasteiger partial charge in [0, 0.05) is 30.1 Å². The number of pyridine rings is 1. The van der Waals surface area contributed by atoms with Gasteiger partial charge in [0.1, 0.15) is 5.65 Å². The molecule has 0 bridgehead atoms. The van der Waals surface area contributed by atoms with Crippen molar-refractivity contribution in [3.05, 3.63) is 60.1 Å². The molecular formula is C13H11N3O2. The number of fused-ring (bicyclic) bond motifs is 1. The molecule has 0 saturated heterocycles. The van der Waals surface area contributed by atoms with Crippen molar-refractivity contribution >= 4 is 11.3 Å². The van der Waals surface area contributed by atoms with Gasteiger partial charge in [-0.1, -0.05) is 18.2 Å². The number of aromatic nitrogens is 2. The summed E-state index contributed by atoms with van der Waals surface area (Å²) in [5.74, 6) is 0. The lowest BCUT2D eigenvalue weighted by Crippen LogP contribution is -2.99. The molecule has 0 aliphatic carbocycles. The van der Waals surface area contributed by atoms with Gasteiger partial charge in [-0.05, 0) is 12.1 Å². The van der Waals surface area contributed by atoms with Crippen molar-refractivity contribution in [3.8, 4) is 11.3 Å². The van der Waals surface area contributed by atoms with E-state index in [1.807, 2.05) is 41.1 Å². The fourth-order valence-corrected chi connectivity index (χ4v) is 1.89. The maximum absolute atomic E-state index is 10.9. The molecule has 0 aliphatic rings. The fourth-order valence-electron chi connectivity index (χ4n) is 1.89. The van der Waals surface area contributed by atoms with Crippen LogP contribution in [0.4, 0.5) is 5.69 Å². The summed E-state index contributed by atoms with van der Waals surface area (Å²) in [7, 11) is 0. The minimum atomic E-state index is -0.930. The van der Waals surface area contributed by atoms with Gasteiger partial charge in [0.15, 0.2) is 5.69 Å². The lowest BCUT2D eigenvalue weighted by molar-refractivity contribution is -0.991. The molecule has 3 rings (SSSR count). The quantitative estimate of drug-likeness (QED) is 0.667. The number of quaternary nitrogens is 1. The summed E-state index contributed by atoms with van der Waals surface area (Å²) in [5, 5.41) is 19.0. The van der Waals surface area contributed by atoms with Crippen molar-refractivity contribution in [2.75, 3.05) is 0 Å². The third-order valence-corrected chi connectivity index (χ3v) is 2.77. The topological polar surface area (TPSA) is 65.0 Å². The van der Waals surface area contributed by atoms with Crippen LogP contribution < -0.4 is 5.23 Å². The van der Waals surface area contributed by atoms with Gasteiger partial charge in [0.2, 0.25) is 0 Å². The van der Waals surface area contributed by atoms with Crippen LogP contribution in [-0.2, 0) is 0 Å². The molecule has 0 aliphatic heterocycles. The summed E-state index contributed by atoms with van der Waals surface area (Å²) in [4.78, 5) is 4.45. The Hall–Kier alpha value is -2.21. The molecule has 0 radical (unpaired) electrons. The Labute approximate surface area is 103 Å². The zero-order valence-corrected chi connectivity index (χ0v) is 9.45. The SMILES string of the molecule is [O-][NH+](O)c1cccc(-c2cn3ccccc3n2)c1. The highest BCUT2D eigenvalue weighted by molar-refractivity contribution is 5.65. The first kappa shape index (κ1) is 10.9. The number of hydrogen-bond acceptors (Lipinski definition) is 3. The molecule has 2 aromatic heterocycles. The predicted octanol–water partition coefficient (Wildman–Crippen LogP) is 1.40. The number of nitrogens with one attached hydrogen (secondary N) is 1. The first-order valence-electron chi connectivity index (χ1n) is 5.51. The molecule has 1 atom stereocenters. The Bertz CT molecular complexity index is 658. The van der Waals surface area contributed by atoms with Crippen LogP contribution in [0.25, 0.3) is 16.9 Å². The molecule has 1 unspecified atom stereocenters. The van der Waals surface area contributed by atoms with E-state index in [9.17, 15) is 5.21 Å². The van der Waals surface area contributed by atoms with Gasteiger partial charge in [-0.3, -0.25) is 0 Å². The molecule has 18 heavy (non-hydrogen) atoms. The number of imidazole rings is 1. The highest BCUT2D eigenvalue weighted by Crippen LogP contribution is 2.20. The van der Waals surface area contributed by atoms with Crippen LogP contribution in [0.3, 0.4) is 0 Å². The Morgan fingerprint density at radius 2 is 2.06 bits per heavy atom. The molecule has 0 fully saturated rings. The van der Waals surface area contributed by atoms with Gasteiger partial charge in [0.25, 0.3) is 0 Å². The summed E-state index contributed by atoms with van der Waals surface area (Å²) in [5.41, 5.74) is 2.68. The highest BCUT2D eigenvalue weighted by atomic mass is 16.8. The van der Waals surface area contributed by atoms with E-state index in [-0.39, 0.29) is 5.69 Å². The Kier molecular flexibility index (Phi) is 2.56. The minimum Gasteiger partial charge on any atom is -0.595 e. The first-order valence-corrected chi connectivity index (χ1v) is 5.51. The molecule has 5 nitrogen and oxygen atoms in total. The molecular weight excluding hydrogens is 230 g/mol. The lowest BCUT2D eigenvalue weighted by atomic mass is 10.1. The molecule has 0 amide bonds. The van der Waals surface area contributed by atoms with Crippen LogP contribution in [0.2, 0.25) is 0 Å². The molecule has 2 heterocycles. The molecule has 1 aromatic carbocycles. The standard InChI is InChI=1S/C13H11N3O2/c17-16(18)11-5-3-4-10(8-11)12-9-15-7-2-1-6-13(15)14-12/h1-9,16-17H. The second-order valence-electron chi connectivity index (χ2n) is 3.98. The number of benzene rings is 1. The second kappa shape index (κ2) is 4.23. The van der Waals surface area contributed by atoms with Gasteiger partial charge >= 0.3 is 0 Å². The summed E-state index contributed by atoms with van der Waals surface area (Å²) >= 11 is 0. The van der Waals surface area contributed by atoms with E-state index in [4.69, 9.17) is 5.21 Å². The smallest absolute Gasteiger partial charge is 0.164 e. The number of nitrogens with zero attached hydrogens (tertiary/aromatic N) is 2. The van der Waals surface area contributed by atoms with Gasteiger partial charge < -0.3 is 9.61 Å². The van der Waals surface area contributed by atoms with Crippen molar-refractivity contribution in [2.45, 2.75) is 0 Å². The third-order valence-electron chi connectivity index (χ3n) is 2.77. The van der Waals surface area contributed by atoms with Crippen LogP contribution >= 0.6 is 0 Å². The van der Waals surface area contributed by atoms with Gasteiger partial charge in [-0.25, -0.2) is 10.2 Å². The van der Waals surface area contributed by atoms with Crippen molar-refractivity contribution in [2.24, 2.45) is 0 Å². The van der Waals surface area contributed by atoms with Crippen molar-refractivity contribution in [1.29, 1.82) is 0 Å². The van der Waals surface area contributed by atoms with Crippen LogP contribution in [0, 0.1) is 5.21 Å². The van der Waals surface area contributed by atoms with E-state index in [0.717, 1.165) is 16.9 Å². The molecule has 2 N–H and O–H groups in total. The zero-order valence-electron chi connectivity index (χ0n) is 9.45. The van der Waals surface area contributed by atoms with E-state index in [2.05, 4.69) is 4.98 Å². The van der Waals surface area contributed by atoms with Gasteiger partial charge in [-0.2, -0.15) is 5.23 Å². The van der Waals surface area contributed by atoms with Crippen LogP contribution in [-0.4, -0.2) is 14.6 Å². The maximum Gasteiger partial charge on any atom is 0.164 e. The average Bonchev–Trinajstić information content (AvgIpc) is 2.82. The Morgan fingerprint density at radius 1 is 1.17 bits per heavy atom. The van der Waals surface area contributed by atoms with Crippen LogP contribution in [0.5, 0.6) is 0 Å². The largest absolute Gasteiger partial charge is 0.595 e. The van der Waals surface area contributed by atoms with E-state index in [1.54, 1.807) is 18.2 Å². The van der Waals surface area contributed by atoms with Gasteiger partial charge in [-0.15, -0.1) is 0 Å². The predicted molar refractivity (Wildman–Crippen MR) is 66.4 cm³/mol. The molecule has 90 valence electrons. The minimum absolute atomic E-state index is 0.268. The van der Waals surface area contributed by atoms with E-state index < -0.39 is 5.23 Å². The van der Waals surface area contributed by atoms with Crippen LogP contribution in [0.1, 0.15) is 0 Å². The molecule has 3 aromatic rings. The normalized spacial score (nSPS) is 12.8. The van der Waals surface area contributed by atoms with Gasteiger partial charge in [0.05, 0.1) is 5.69 Å². The molecule has 0 spiro atoms. The summed E-state index contributed by atoms with van der Waals surface area (Å²) in [6.07, 6.45) is 3.79. The van der Waals surface area contributed by atoms with E-state index >= 15 is 0 Å². The van der Waals surface area contributed by atoms with Crippen molar-refractivity contribution in [1.82, 2.24) is 9.38 Å². The Morgan fingerprint density at radius 3 is 2.83 bits per heavy atom. The monoisotopic (exact) mass is 241 g/mol. The third kappa shape index (κ3) is 1.86.